The zero-order chi connectivity index (χ0) is 12.8. The van der Waals surface area contributed by atoms with Gasteiger partial charge in [-0.2, -0.15) is 0 Å². The van der Waals surface area contributed by atoms with Crippen molar-refractivity contribution in [2.45, 2.75) is 32.7 Å². The van der Waals surface area contributed by atoms with Gasteiger partial charge in [0.25, 0.3) is 0 Å². The number of nitrogens with one attached hydrogen (secondary N) is 1. The maximum absolute atomic E-state index is 12.9. The highest BCUT2D eigenvalue weighted by molar-refractivity contribution is 5.81. The molecule has 0 saturated heterocycles. The lowest BCUT2D eigenvalue weighted by molar-refractivity contribution is -0.122. The number of amides is 1. The van der Waals surface area contributed by atoms with E-state index in [2.05, 4.69) is 5.32 Å². The summed E-state index contributed by atoms with van der Waals surface area (Å²) in [5.74, 6) is -0.365. The second-order valence-electron chi connectivity index (χ2n) is 4.13. The highest BCUT2D eigenvalue weighted by atomic mass is 19.1. The molecule has 0 aromatic heterocycles. The topological polar surface area (TPSA) is 55.1 Å². The van der Waals surface area contributed by atoms with Gasteiger partial charge in [-0.15, -0.1) is 0 Å². The van der Waals surface area contributed by atoms with Gasteiger partial charge in [-0.25, -0.2) is 4.39 Å². The molecule has 1 aromatic carbocycles. The minimum absolute atomic E-state index is 0.132. The normalized spacial score (nSPS) is 12.2. The Morgan fingerprint density at radius 3 is 2.82 bits per heavy atom. The lowest BCUT2D eigenvalue weighted by Gasteiger charge is -2.11. The lowest BCUT2D eigenvalue weighted by Crippen LogP contribution is -2.40. The van der Waals surface area contributed by atoms with Crippen LogP contribution >= 0.6 is 0 Å². The molecule has 0 fully saturated rings. The van der Waals surface area contributed by atoms with Gasteiger partial charge < -0.3 is 11.1 Å². The first-order valence-electron chi connectivity index (χ1n) is 5.83. The van der Waals surface area contributed by atoms with Gasteiger partial charge in [-0.1, -0.05) is 13.0 Å². The number of hydrogen-bond acceptors (Lipinski definition) is 2. The van der Waals surface area contributed by atoms with Crippen LogP contribution in [-0.2, 0) is 11.2 Å². The molecule has 0 aliphatic carbocycles. The lowest BCUT2D eigenvalue weighted by atomic mass is 10.1. The van der Waals surface area contributed by atoms with E-state index in [1.54, 1.807) is 6.07 Å². The largest absolute Gasteiger partial charge is 0.354 e. The number of carbonyl (C=O) groups is 1. The molecule has 1 atom stereocenters. The van der Waals surface area contributed by atoms with Crippen LogP contribution < -0.4 is 11.1 Å². The third kappa shape index (κ3) is 4.15. The monoisotopic (exact) mass is 238 g/mol. The molecule has 0 heterocycles. The average Bonchev–Trinajstić information content (AvgIpc) is 2.30. The summed E-state index contributed by atoms with van der Waals surface area (Å²) in [4.78, 5) is 11.4. The maximum atomic E-state index is 12.9. The van der Waals surface area contributed by atoms with Crippen molar-refractivity contribution >= 4 is 5.91 Å². The van der Waals surface area contributed by atoms with Gasteiger partial charge in [-0.05, 0) is 43.0 Å². The Labute approximate surface area is 101 Å². The van der Waals surface area contributed by atoms with Crippen molar-refractivity contribution in [1.82, 2.24) is 5.32 Å². The Balaban J connectivity index is 2.43. The molecule has 4 heteroatoms. The van der Waals surface area contributed by atoms with Crippen LogP contribution in [0.4, 0.5) is 4.39 Å². The quantitative estimate of drug-likeness (QED) is 0.817. The van der Waals surface area contributed by atoms with Crippen molar-refractivity contribution in [2.24, 2.45) is 5.73 Å². The Hall–Kier alpha value is -1.42. The second kappa shape index (κ2) is 6.35. The highest BCUT2D eigenvalue weighted by Crippen LogP contribution is 2.10. The number of halogens is 1. The molecule has 94 valence electrons. The number of rotatable bonds is 5. The van der Waals surface area contributed by atoms with Crippen molar-refractivity contribution in [1.29, 1.82) is 0 Å². The van der Waals surface area contributed by atoms with Crippen LogP contribution in [0.3, 0.4) is 0 Å². The van der Waals surface area contributed by atoms with E-state index < -0.39 is 6.04 Å². The number of hydrogen-bond donors (Lipinski definition) is 2. The Morgan fingerprint density at radius 2 is 2.24 bits per heavy atom. The second-order valence-corrected chi connectivity index (χ2v) is 4.13. The number of aryl methyl sites for hydroxylation is 1. The summed E-state index contributed by atoms with van der Waals surface area (Å²) in [5.41, 5.74) is 7.52. The third-order valence-corrected chi connectivity index (χ3v) is 2.77. The van der Waals surface area contributed by atoms with Gasteiger partial charge in [0.15, 0.2) is 0 Å². The zero-order valence-electron chi connectivity index (χ0n) is 10.3. The van der Waals surface area contributed by atoms with Crippen molar-refractivity contribution in [2.75, 3.05) is 6.54 Å². The summed E-state index contributed by atoms with van der Waals surface area (Å²) in [5, 5.41) is 2.77. The number of carbonyl (C=O) groups excluding carboxylic acids is 1. The number of benzene rings is 1. The van der Waals surface area contributed by atoms with E-state index >= 15 is 0 Å². The number of nitrogens with two attached hydrogens (primary N) is 1. The summed E-state index contributed by atoms with van der Waals surface area (Å²) in [7, 11) is 0. The van der Waals surface area contributed by atoms with Crippen LogP contribution in [0.25, 0.3) is 0 Å². The highest BCUT2D eigenvalue weighted by Gasteiger charge is 2.09. The molecule has 0 aliphatic rings. The van der Waals surface area contributed by atoms with Crippen LogP contribution in [0.15, 0.2) is 18.2 Å². The van der Waals surface area contributed by atoms with E-state index in [1.165, 1.54) is 12.1 Å². The fraction of sp³-hybridized carbons (Fsp3) is 0.462. The van der Waals surface area contributed by atoms with Gasteiger partial charge in [-0.3, -0.25) is 4.79 Å². The maximum Gasteiger partial charge on any atom is 0.236 e. The molecular weight excluding hydrogens is 219 g/mol. The molecule has 0 bridgehead atoms. The van der Waals surface area contributed by atoms with Gasteiger partial charge in [0.05, 0.1) is 6.04 Å². The molecule has 1 aromatic rings. The minimum atomic E-state index is -0.440. The summed E-state index contributed by atoms with van der Waals surface area (Å²) < 4.78 is 12.9. The van der Waals surface area contributed by atoms with Crippen LogP contribution in [0, 0.1) is 12.7 Å². The molecule has 1 amide bonds. The molecule has 0 aliphatic heterocycles. The predicted octanol–water partition coefficient (Wildman–Crippen LogP) is 1.53. The van der Waals surface area contributed by atoms with Gasteiger partial charge in [0, 0.05) is 6.54 Å². The van der Waals surface area contributed by atoms with Crippen LogP contribution in [-0.4, -0.2) is 18.5 Å². The smallest absolute Gasteiger partial charge is 0.236 e. The minimum Gasteiger partial charge on any atom is -0.354 e. The van der Waals surface area contributed by atoms with Crippen LogP contribution in [0.1, 0.15) is 24.5 Å². The Morgan fingerprint density at radius 1 is 1.53 bits per heavy atom. The first kappa shape index (κ1) is 13.6. The first-order chi connectivity index (χ1) is 8.04. The van der Waals surface area contributed by atoms with E-state index in [4.69, 9.17) is 5.73 Å². The van der Waals surface area contributed by atoms with Gasteiger partial charge >= 0.3 is 0 Å². The first-order valence-corrected chi connectivity index (χ1v) is 5.83. The van der Waals surface area contributed by atoms with E-state index in [9.17, 15) is 9.18 Å². The van der Waals surface area contributed by atoms with Crippen molar-refractivity contribution in [3.05, 3.63) is 35.1 Å². The summed E-state index contributed by atoms with van der Waals surface area (Å²) in [6.07, 6.45) is 1.32. The van der Waals surface area contributed by atoms with Crippen molar-refractivity contribution in [3.63, 3.8) is 0 Å². The van der Waals surface area contributed by atoms with Gasteiger partial charge in [0.2, 0.25) is 5.91 Å². The summed E-state index contributed by atoms with van der Waals surface area (Å²) >= 11 is 0. The molecule has 3 N–H and O–H groups in total. The molecule has 0 saturated carbocycles. The zero-order valence-corrected chi connectivity index (χ0v) is 10.3. The SMILES string of the molecule is CC[C@@H](N)C(=O)NCCc1ccc(F)cc1C. The van der Waals surface area contributed by atoms with E-state index in [-0.39, 0.29) is 11.7 Å². The molecule has 0 spiro atoms. The van der Waals surface area contributed by atoms with Crippen LogP contribution in [0.5, 0.6) is 0 Å². The van der Waals surface area contributed by atoms with Crippen molar-refractivity contribution in [3.8, 4) is 0 Å². The standard InChI is InChI=1S/C13H19FN2O/c1-3-12(15)13(17)16-7-6-10-4-5-11(14)8-9(10)2/h4-5,8,12H,3,6-7,15H2,1-2H3,(H,16,17)/t12-/m1/s1. The van der Waals surface area contributed by atoms with E-state index in [0.29, 0.717) is 19.4 Å². The summed E-state index contributed by atoms with van der Waals surface area (Å²) in [6, 6.07) is 4.23. The molecule has 0 unspecified atom stereocenters. The van der Waals surface area contributed by atoms with E-state index in [1.807, 2.05) is 13.8 Å². The molecule has 17 heavy (non-hydrogen) atoms. The van der Waals surface area contributed by atoms with Crippen LogP contribution in [0.2, 0.25) is 0 Å². The summed E-state index contributed by atoms with van der Waals surface area (Å²) in [6.45, 7) is 4.26. The predicted molar refractivity (Wildman–Crippen MR) is 66.1 cm³/mol. The van der Waals surface area contributed by atoms with Gasteiger partial charge in [0.1, 0.15) is 5.82 Å². The Kier molecular flexibility index (Phi) is 5.10. The molecule has 0 radical (unpaired) electrons. The molecule has 1 rings (SSSR count). The average molecular weight is 238 g/mol. The molecule has 3 nitrogen and oxygen atoms in total. The molecular formula is C13H19FN2O. The Bertz CT molecular complexity index is 393. The fourth-order valence-corrected chi connectivity index (χ4v) is 1.58. The third-order valence-electron chi connectivity index (χ3n) is 2.77. The van der Waals surface area contributed by atoms with Crippen molar-refractivity contribution < 1.29 is 9.18 Å². The fourth-order valence-electron chi connectivity index (χ4n) is 1.58. The van der Waals surface area contributed by atoms with E-state index in [0.717, 1.165) is 11.1 Å².